The Morgan fingerprint density at radius 3 is 2.75 bits per heavy atom. The standard InChI is InChI=1S/C17H26N2O4S/c1-17(2,3)23-16(20)19-10-6-7-14(11-19)12-24(21,22)13-15-8-4-5-9-18-15/h4-5,8-9,14H,6-7,10-13H2,1-3H3/t14-/m0/s1. The lowest BCUT2D eigenvalue weighted by Crippen LogP contribution is -2.44. The molecular formula is C17H26N2O4S. The van der Waals surface area contributed by atoms with Crippen molar-refractivity contribution in [1.29, 1.82) is 0 Å². The highest BCUT2D eigenvalue weighted by Gasteiger charge is 2.30. The van der Waals surface area contributed by atoms with E-state index in [0.29, 0.717) is 18.8 Å². The fourth-order valence-electron chi connectivity index (χ4n) is 2.82. The van der Waals surface area contributed by atoms with Crippen molar-refractivity contribution in [1.82, 2.24) is 9.88 Å². The van der Waals surface area contributed by atoms with E-state index in [0.717, 1.165) is 12.8 Å². The van der Waals surface area contributed by atoms with Crippen molar-refractivity contribution in [2.75, 3.05) is 18.8 Å². The normalized spacial score (nSPS) is 19.1. The smallest absolute Gasteiger partial charge is 0.410 e. The topological polar surface area (TPSA) is 76.6 Å². The number of aromatic nitrogens is 1. The predicted molar refractivity (Wildman–Crippen MR) is 92.3 cm³/mol. The third-order valence-corrected chi connectivity index (χ3v) is 5.47. The molecule has 0 unspecified atom stereocenters. The first-order valence-electron chi connectivity index (χ1n) is 8.23. The molecule has 1 atom stereocenters. The summed E-state index contributed by atoms with van der Waals surface area (Å²) in [7, 11) is -3.26. The van der Waals surface area contributed by atoms with Crippen LogP contribution < -0.4 is 0 Å². The maximum atomic E-state index is 12.4. The summed E-state index contributed by atoms with van der Waals surface area (Å²) in [6, 6.07) is 5.25. The molecule has 6 nitrogen and oxygen atoms in total. The first-order valence-corrected chi connectivity index (χ1v) is 10.0. The Morgan fingerprint density at radius 2 is 2.12 bits per heavy atom. The third-order valence-electron chi connectivity index (χ3n) is 3.75. The number of amides is 1. The number of carbonyl (C=O) groups is 1. The van der Waals surface area contributed by atoms with E-state index in [4.69, 9.17) is 4.74 Å². The number of hydrogen-bond acceptors (Lipinski definition) is 5. The maximum absolute atomic E-state index is 12.4. The highest BCUT2D eigenvalue weighted by atomic mass is 32.2. The second-order valence-corrected chi connectivity index (χ2v) is 9.42. The van der Waals surface area contributed by atoms with Gasteiger partial charge in [-0.05, 0) is 51.7 Å². The summed E-state index contributed by atoms with van der Waals surface area (Å²) in [5.41, 5.74) is 0.00652. The molecule has 1 fully saturated rings. The lowest BCUT2D eigenvalue weighted by molar-refractivity contribution is 0.0176. The van der Waals surface area contributed by atoms with Crippen LogP contribution >= 0.6 is 0 Å². The van der Waals surface area contributed by atoms with Gasteiger partial charge in [0.05, 0.1) is 17.2 Å². The van der Waals surface area contributed by atoms with Gasteiger partial charge in [-0.1, -0.05) is 6.07 Å². The van der Waals surface area contributed by atoms with Crippen LogP contribution in [0.25, 0.3) is 0 Å². The molecule has 2 rings (SSSR count). The Hall–Kier alpha value is -1.63. The minimum atomic E-state index is -3.26. The van der Waals surface area contributed by atoms with Gasteiger partial charge in [-0.25, -0.2) is 13.2 Å². The average molecular weight is 354 g/mol. The SMILES string of the molecule is CC(C)(C)OC(=O)N1CCC[C@H](CS(=O)(=O)Cc2ccccn2)C1. The van der Waals surface area contributed by atoms with Crippen LogP contribution in [0.5, 0.6) is 0 Å². The number of sulfone groups is 1. The van der Waals surface area contributed by atoms with E-state index in [9.17, 15) is 13.2 Å². The van der Waals surface area contributed by atoms with E-state index < -0.39 is 15.4 Å². The van der Waals surface area contributed by atoms with Crippen LogP contribution in [0.15, 0.2) is 24.4 Å². The van der Waals surface area contributed by atoms with Crippen molar-refractivity contribution >= 4 is 15.9 Å². The van der Waals surface area contributed by atoms with Gasteiger partial charge in [-0.15, -0.1) is 0 Å². The van der Waals surface area contributed by atoms with E-state index in [1.807, 2.05) is 20.8 Å². The minimum absolute atomic E-state index is 0.0556. The van der Waals surface area contributed by atoms with Gasteiger partial charge in [0.15, 0.2) is 9.84 Å². The average Bonchev–Trinajstić information content (AvgIpc) is 2.45. The van der Waals surface area contributed by atoms with E-state index in [-0.39, 0.29) is 23.5 Å². The number of nitrogens with zero attached hydrogens (tertiary/aromatic N) is 2. The van der Waals surface area contributed by atoms with E-state index in [2.05, 4.69) is 4.98 Å². The second kappa shape index (κ2) is 7.51. The van der Waals surface area contributed by atoms with Gasteiger partial charge < -0.3 is 9.64 Å². The summed E-state index contributed by atoms with van der Waals surface area (Å²) in [6.45, 7) is 6.51. The Balaban J connectivity index is 1.93. The summed E-state index contributed by atoms with van der Waals surface area (Å²) in [5, 5.41) is 0. The van der Waals surface area contributed by atoms with E-state index in [1.165, 1.54) is 0 Å². The fraction of sp³-hybridized carbons (Fsp3) is 0.647. The molecule has 1 amide bonds. The molecule has 1 aromatic rings. The summed E-state index contributed by atoms with van der Waals surface area (Å²) < 4.78 is 30.2. The van der Waals surface area contributed by atoms with Gasteiger partial charge in [0.1, 0.15) is 5.60 Å². The second-order valence-electron chi connectivity index (χ2n) is 7.31. The molecule has 0 aromatic carbocycles. The molecule has 24 heavy (non-hydrogen) atoms. The molecule has 0 N–H and O–H groups in total. The van der Waals surface area contributed by atoms with Gasteiger partial charge in [0, 0.05) is 19.3 Å². The predicted octanol–water partition coefficient (Wildman–Crippen LogP) is 2.64. The zero-order chi connectivity index (χ0) is 17.8. The van der Waals surface area contributed by atoms with Crippen molar-refractivity contribution in [3.8, 4) is 0 Å². The van der Waals surface area contributed by atoms with Crippen LogP contribution in [0.3, 0.4) is 0 Å². The summed E-state index contributed by atoms with van der Waals surface area (Å²) >= 11 is 0. The number of rotatable bonds is 4. The van der Waals surface area contributed by atoms with Crippen LogP contribution in [0.2, 0.25) is 0 Å². The molecule has 1 saturated heterocycles. The summed E-state index contributed by atoms with van der Waals surface area (Å²) in [5.74, 6) is -0.0420. The van der Waals surface area contributed by atoms with Crippen molar-refractivity contribution < 1.29 is 17.9 Å². The van der Waals surface area contributed by atoms with Gasteiger partial charge in [-0.2, -0.15) is 0 Å². The monoisotopic (exact) mass is 354 g/mol. The number of ether oxygens (including phenoxy) is 1. The first kappa shape index (κ1) is 18.7. The van der Waals surface area contributed by atoms with Crippen molar-refractivity contribution in [3.05, 3.63) is 30.1 Å². The van der Waals surface area contributed by atoms with Crippen LogP contribution in [0.4, 0.5) is 4.79 Å². The largest absolute Gasteiger partial charge is 0.444 e. The lowest BCUT2D eigenvalue weighted by Gasteiger charge is -2.34. The molecule has 0 radical (unpaired) electrons. The number of carbonyl (C=O) groups excluding carboxylic acids is 1. The van der Waals surface area contributed by atoms with Gasteiger partial charge in [-0.3, -0.25) is 4.98 Å². The summed E-state index contributed by atoms with van der Waals surface area (Å²) in [4.78, 5) is 17.9. The Kier molecular flexibility index (Phi) is 5.85. The molecule has 1 aliphatic heterocycles. The fourth-order valence-corrected chi connectivity index (χ4v) is 4.55. The quantitative estimate of drug-likeness (QED) is 0.831. The number of piperidine rings is 1. The first-order chi connectivity index (χ1) is 11.1. The van der Waals surface area contributed by atoms with Gasteiger partial charge in [0.25, 0.3) is 0 Å². The molecule has 0 spiro atoms. The number of likely N-dealkylation sites (tertiary alicyclic amines) is 1. The van der Waals surface area contributed by atoms with Crippen LogP contribution in [0.1, 0.15) is 39.3 Å². The maximum Gasteiger partial charge on any atom is 0.410 e. The Bertz CT molecular complexity index is 653. The molecular weight excluding hydrogens is 328 g/mol. The Morgan fingerprint density at radius 1 is 1.38 bits per heavy atom. The molecule has 0 saturated carbocycles. The molecule has 2 heterocycles. The van der Waals surface area contributed by atoms with Crippen LogP contribution in [0, 0.1) is 5.92 Å². The molecule has 1 aliphatic rings. The van der Waals surface area contributed by atoms with Gasteiger partial charge in [0.2, 0.25) is 0 Å². The molecule has 7 heteroatoms. The van der Waals surface area contributed by atoms with Crippen LogP contribution in [-0.4, -0.2) is 48.8 Å². The minimum Gasteiger partial charge on any atom is -0.444 e. The zero-order valence-electron chi connectivity index (χ0n) is 14.6. The highest BCUT2D eigenvalue weighted by molar-refractivity contribution is 7.90. The number of hydrogen-bond donors (Lipinski definition) is 0. The summed E-state index contributed by atoms with van der Waals surface area (Å²) in [6.07, 6.45) is 2.83. The molecule has 0 bridgehead atoms. The Labute approximate surface area is 144 Å². The highest BCUT2D eigenvalue weighted by Crippen LogP contribution is 2.21. The van der Waals surface area contributed by atoms with Crippen molar-refractivity contribution in [2.24, 2.45) is 5.92 Å². The van der Waals surface area contributed by atoms with Crippen molar-refractivity contribution in [3.63, 3.8) is 0 Å². The lowest BCUT2D eigenvalue weighted by atomic mass is 10.0. The molecule has 134 valence electrons. The van der Waals surface area contributed by atoms with E-state index in [1.54, 1.807) is 29.3 Å². The number of pyridine rings is 1. The van der Waals surface area contributed by atoms with Crippen molar-refractivity contribution in [2.45, 2.75) is 45.0 Å². The molecule has 1 aromatic heterocycles. The molecule has 0 aliphatic carbocycles. The van der Waals surface area contributed by atoms with Gasteiger partial charge >= 0.3 is 6.09 Å². The zero-order valence-corrected chi connectivity index (χ0v) is 15.4. The van der Waals surface area contributed by atoms with E-state index >= 15 is 0 Å². The third kappa shape index (κ3) is 6.11. The van der Waals surface area contributed by atoms with Crippen LogP contribution in [-0.2, 0) is 20.3 Å².